The normalized spacial score (nSPS) is 22.0. The van der Waals surface area contributed by atoms with Gasteiger partial charge in [-0.15, -0.1) is 0 Å². The van der Waals surface area contributed by atoms with Crippen molar-refractivity contribution in [2.45, 2.75) is 50.6 Å². The molecule has 0 radical (unpaired) electrons. The van der Waals surface area contributed by atoms with Crippen molar-refractivity contribution in [3.63, 3.8) is 0 Å². The van der Waals surface area contributed by atoms with E-state index in [0.717, 1.165) is 45.8 Å². The summed E-state index contributed by atoms with van der Waals surface area (Å²) in [7, 11) is 1.78. The summed E-state index contributed by atoms with van der Waals surface area (Å²) in [4.78, 5) is 21.7. The van der Waals surface area contributed by atoms with Gasteiger partial charge < -0.3 is 20.3 Å². The van der Waals surface area contributed by atoms with Gasteiger partial charge in [-0.05, 0) is 30.4 Å². The van der Waals surface area contributed by atoms with E-state index in [9.17, 15) is 4.79 Å². The fourth-order valence-electron chi connectivity index (χ4n) is 5.30. The number of aliphatic imine (C=N–C) groups is 1. The Morgan fingerprint density at radius 3 is 2.55 bits per heavy atom. The second kappa shape index (κ2) is 10.5. The van der Waals surface area contributed by atoms with Gasteiger partial charge in [0.15, 0.2) is 5.96 Å². The van der Waals surface area contributed by atoms with Crippen LogP contribution in [0.5, 0.6) is 0 Å². The van der Waals surface area contributed by atoms with Gasteiger partial charge in [-0.1, -0.05) is 43.5 Å². The van der Waals surface area contributed by atoms with E-state index >= 15 is 0 Å². The number of carbonyl (C=O) groups is 1. The molecule has 0 atom stereocenters. The Morgan fingerprint density at radius 2 is 1.81 bits per heavy atom. The number of nitrogens with zero attached hydrogens (tertiary/aromatic N) is 3. The van der Waals surface area contributed by atoms with Crippen LogP contribution in [0.1, 0.15) is 43.2 Å². The summed E-state index contributed by atoms with van der Waals surface area (Å²) in [5, 5.41) is 6.79. The summed E-state index contributed by atoms with van der Waals surface area (Å²) in [5.74, 6) is 0.835. The summed E-state index contributed by atoms with van der Waals surface area (Å²) in [5.41, 5.74) is 2.78. The van der Waals surface area contributed by atoms with E-state index in [0.29, 0.717) is 12.5 Å². The van der Waals surface area contributed by atoms with E-state index in [1.54, 1.807) is 7.05 Å². The molecule has 1 amide bonds. The number of ether oxygens (including phenoxy) is 1. The molecular formula is C24H37N5O2. The number of hydrogen-bond donors (Lipinski definition) is 2. The average molecular weight is 428 g/mol. The highest BCUT2D eigenvalue weighted by atomic mass is 16.5. The third-order valence-corrected chi connectivity index (χ3v) is 7.17. The fourth-order valence-corrected chi connectivity index (χ4v) is 5.30. The lowest BCUT2D eigenvalue weighted by molar-refractivity contribution is -0.130. The maximum absolute atomic E-state index is 12.8. The quantitative estimate of drug-likeness (QED) is 0.554. The number of fused-ring (bicyclic) bond motifs is 1. The Kier molecular flexibility index (Phi) is 7.45. The number of guanidine groups is 1. The minimum Gasteiger partial charge on any atom is -0.379 e. The van der Waals surface area contributed by atoms with E-state index in [1.165, 1.54) is 43.2 Å². The number of carbonyl (C=O) groups excluding carboxylic acids is 1. The number of nitrogens with one attached hydrogen (secondary N) is 2. The molecule has 0 aromatic heterocycles. The lowest BCUT2D eigenvalue weighted by Crippen LogP contribution is -2.60. The summed E-state index contributed by atoms with van der Waals surface area (Å²) < 4.78 is 5.59. The molecule has 2 fully saturated rings. The van der Waals surface area contributed by atoms with Gasteiger partial charge in [0.2, 0.25) is 5.91 Å². The zero-order chi connectivity index (χ0) is 21.5. The highest BCUT2D eigenvalue weighted by Gasteiger charge is 2.38. The van der Waals surface area contributed by atoms with Crippen LogP contribution in [0, 0.1) is 0 Å². The van der Waals surface area contributed by atoms with Crippen LogP contribution in [-0.2, 0) is 22.5 Å². The van der Waals surface area contributed by atoms with Gasteiger partial charge in [-0.3, -0.25) is 14.7 Å². The SMILES string of the molecule is CN=C(NCC(=O)N1CCc2ccccc2C1)NCC1(N2CCOCC2)CCCCC1. The lowest BCUT2D eigenvalue weighted by atomic mass is 9.80. The Labute approximate surface area is 186 Å². The largest absolute Gasteiger partial charge is 0.379 e. The zero-order valence-corrected chi connectivity index (χ0v) is 18.9. The second-order valence-electron chi connectivity index (χ2n) is 9.00. The van der Waals surface area contributed by atoms with Crippen molar-refractivity contribution in [2.24, 2.45) is 4.99 Å². The van der Waals surface area contributed by atoms with Crippen molar-refractivity contribution in [2.75, 3.05) is 53.0 Å². The molecule has 7 nitrogen and oxygen atoms in total. The first-order valence-electron chi connectivity index (χ1n) is 11.8. The molecule has 3 aliphatic rings. The molecule has 4 rings (SSSR count). The second-order valence-corrected chi connectivity index (χ2v) is 9.00. The maximum atomic E-state index is 12.8. The van der Waals surface area contributed by atoms with Crippen LogP contribution >= 0.6 is 0 Å². The standard InChI is InChI=1S/C24H37N5O2/c1-25-23(26-17-22(30)28-12-9-20-7-3-4-8-21(20)18-28)27-19-24(10-5-2-6-11-24)29-13-15-31-16-14-29/h3-4,7-8H,2,5-6,9-19H2,1H3,(H2,25,26,27). The Balaban J connectivity index is 1.29. The minimum atomic E-state index is 0.123. The average Bonchev–Trinajstić information content (AvgIpc) is 2.84. The van der Waals surface area contributed by atoms with Gasteiger partial charge in [0.05, 0.1) is 19.8 Å². The third kappa shape index (κ3) is 5.39. The molecule has 2 aliphatic heterocycles. The van der Waals surface area contributed by atoms with Crippen molar-refractivity contribution in [1.29, 1.82) is 0 Å². The van der Waals surface area contributed by atoms with Crippen LogP contribution in [0.15, 0.2) is 29.3 Å². The van der Waals surface area contributed by atoms with Crippen molar-refractivity contribution in [3.05, 3.63) is 35.4 Å². The molecule has 1 aliphatic carbocycles. The topological polar surface area (TPSA) is 69.2 Å². The van der Waals surface area contributed by atoms with E-state index in [1.807, 2.05) is 11.0 Å². The molecule has 170 valence electrons. The molecule has 1 saturated heterocycles. The molecular weight excluding hydrogens is 390 g/mol. The van der Waals surface area contributed by atoms with E-state index in [4.69, 9.17) is 4.74 Å². The van der Waals surface area contributed by atoms with Crippen molar-refractivity contribution in [1.82, 2.24) is 20.4 Å². The summed E-state index contributed by atoms with van der Waals surface area (Å²) in [6, 6.07) is 8.41. The monoisotopic (exact) mass is 427 g/mol. The molecule has 2 N–H and O–H groups in total. The van der Waals surface area contributed by atoms with Crippen molar-refractivity contribution < 1.29 is 9.53 Å². The minimum absolute atomic E-state index is 0.123. The molecule has 1 aromatic carbocycles. The molecule has 1 aromatic rings. The molecule has 0 unspecified atom stereocenters. The van der Waals surface area contributed by atoms with E-state index in [2.05, 4.69) is 38.7 Å². The van der Waals surface area contributed by atoms with E-state index < -0.39 is 0 Å². The van der Waals surface area contributed by atoms with Gasteiger partial charge >= 0.3 is 0 Å². The van der Waals surface area contributed by atoms with Crippen LogP contribution < -0.4 is 10.6 Å². The first-order valence-corrected chi connectivity index (χ1v) is 11.8. The Morgan fingerprint density at radius 1 is 1.06 bits per heavy atom. The zero-order valence-electron chi connectivity index (χ0n) is 18.9. The number of amides is 1. The Hall–Kier alpha value is -2.12. The summed E-state index contributed by atoms with van der Waals surface area (Å²) >= 11 is 0. The van der Waals surface area contributed by atoms with Crippen LogP contribution in [0.25, 0.3) is 0 Å². The van der Waals surface area contributed by atoms with Crippen molar-refractivity contribution >= 4 is 11.9 Å². The number of hydrogen-bond acceptors (Lipinski definition) is 4. The molecule has 1 saturated carbocycles. The molecule has 0 bridgehead atoms. The lowest BCUT2D eigenvalue weighted by Gasteiger charge is -2.48. The number of rotatable bonds is 5. The van der Waals surface area contributed by atoms with Crippen LogP contribution in [0.2, 0.25) is 0 Å². The fraction of sp³-hybridized carbons (Fsp3) is 0.667. The van der Waals surface area contributed by atoms with E-state index in [-0.39, 0.29) is 18.0 Å². The molecule has 2 heterocycles. The van der Waals surface area contributed by atoms with Crippen LogP contribution in [0.3, 0.4) is 0 Å². The molecule has 7 heteroatoms. The number of benzene rings is 1. The highest BCUT2D eigenvalue weighted by molar-refractivity contribution is 5.86. The first-order chi connectivity index (χ1) is 15.2. The first kappa shape index (κ1) is 22.1. The smallest absolute Gasteiger partial charge is 0.242 e. The Bertz CT molecular complexity index is 769. The van der Waals surface area contributed by atoms with Crippen molar-refractivity contribution in [3.8, 4) is 0 Å². The van der Waals surface area contributed by atoms with Gasteiger partial charge in [-0.25, -0.2) is 0 Å². The number of morpholine rings is 1. The van der Waals surface area contributed by atoms with Crippen LogP contribution in [0.4, 0.5) is 0 Å². The van der Waals surface area contributed by atoms with Gasteiger partial charge in [0.1, 0.15) is 0 Å². The molecule has 0 spiro atoms. The molecule has 31 heavy (non-hydrogen) atoms. The predicted octanol–water partition coefficient (Wildman–Crippen LogP) is 1.77. The third-order valence-electron chi connectivity index (χ3n) is 7.17. The summed E-state index contributed by atoms with van der Waals surface area (Å²) in [6.45, 7) is 6.26. The van der Waals surface area contributed by atoms with Crippen LogP contribution in [-0.4, -0.2) is 80.2 Å². The van der Waals surface area contributed by atoms with Gasteiger partial charge in [0.25, 0.3) is 0 Å². The maximum Gasteiger partial charge on any atom is 0.242 e. The summed E-state index contributed by atoms with van der Waals surface area (Å²) in [6.07, 6.45) is 7.23. The van der Waals surface area contributed by atoms with Gasteiger partial charge in [-0.2, -0.15) is 0 Å². The highest BCUT2D eigenvalue weighted by Crippen LogP contribution is 2.33. The van der Waals surface area contributed by atoms with Gasteiger partial charge in [0, 0.05) is 45.3 Å². The predicted molar refractivity (Wildman–Crippen MR) is 123 cm³/mol.